The molecule has 3 N–H and O–H groups in total. The van der Waals surface area contributed by atoms with Gasteiger partial charge in [0.25, 0.3) is 0 Å². The van der Waals surface area contributed by atoms with Gasteiger partial charge in [0.2, 0.25) is 0 Å². The van der Waals surface area contributed by atoms with E-state index in [-0.39, 0.29) is 18.4 Å². The number of hydrogen-bond acceptors (Lipinski definition) is 2. The van der Waals surface area contributed by atoms with E-state index in [0.29, 0.717) is 24.3 Å². The van der Waals surface area contributed by atoms with Crippen molar-refractivity contribution in [2.75, 3.05) is 18.0 Å². The second-order valence-corrected chi connectivity index (χ2v) is 3.36. The Balaban J connectivity index is 2.32. The van der Waals surface area contributed by atoms with Gasteiger partial charge in [-0.1, -0.05) is 0 Å². The van der Waals surface area contributed by atoms with Crippen molar-refractivity contribution in [1.29, 1.82) is 0 Å². The van der Waals surface area contributed by atoms with Crippen LogP contribution in [0.1, 0.15) is 5.56 Å². The molecule has 2 amide bonds. The lowest BCUT2D eigenvalue weighted by Gasteiger charge is -2.15. The van der Waals surface area contributed by atoms with Gasteiger partial charge in [0.05, 0.1) is 0 Å². The number of urea groups is 1. The molecule has 2 rings (SSSR count). The third kappa shape index (κ3) is 1.78. The van der Waals surface area contributed by atoms with E-state index in [1.807, 2.05) is 0 Å². The van der Waals surface area contributed by atoms with Crippen LogP contribution >= 0.6 is 0 Å². The number of halogens is 1. The zero-order valence-electron chi connectivity index (χ0n) is 8.16. The Kier molecular flexibility index (Phi) is 2.55. The van der Waals surface area contributed by atoms with Crippen LogP contribution in [0.15, 0.2) is 18.2 Å². The summed E-state index contributed by atoms with van der Waals surface area (Å²) in [4.78, 5) is 12.9. The van der Waals surface area contributed by atoms with Gasteiger partial charge in [0, 0.05) is 30.9 Å². The average molecular weight is 209 g/mol. The van der Waals surface area contributed by atoms with E-state index in [1.165, 1.54) is 6.07 Å². The molecule has 1 aliphatic heterocycles. The third-order valence-electron chi connectivity index (χ3n) is 2.42. The molecule has 80 valence electrons. The summed E-state index contributed by atoms with van der Waals surface area (Å²) >= 11 is 0. The van der Waals surface area contributed by atoms with Gasteiger partial charge in [-0.2, -0.15) is 0 Å². The zero-order valence-corrected chi connectivity index (χ0v) is 8.16. The predicted molar refractivity (Wildman–Crippen MR) is 55.0 cm³/mol. The Labute approximate surface area is 86.9 Å². The Hall–Kier alpha value is -1.62. The van der Waals surface area contributed by atoms with Crippen molar-refractivity contribution < 1.29 is 9.18 Å². The Morgan fingerprint density at radius 3 is 2.93 bits per heavy atom. The fraction of sp³-hybridized carbons (Fsp3) is 0.300. The molecule has 0 spiro atoms. The normalized spacial score (nSPS) is 15.6. The van der Waals surface area contributed by atoms with Crippen LogP contribution < -0.4 is 16.0 Å². The van der Waals surface area contributed by atoms with Crippen molar-refractivity contribution in [2.24, 2.45) is 5.73 Å². The highest BCUT2D eigenvalue weighted by molar-refractivity contribution is 5.94. The van der Waals surface area contributed by atoms with Gasteiger partial charge in [-0.25, -0.2) is 9.18 Å². The highest BCUT2D eigenvalue weighted by atomic mass is 19.1. The molecule has 0 bridgehead atoms. The summed E-state index contributed by atoms with van der Waals surface area (Å²) in [6, 6.07) is 4.38. The predicted octanol–water partition coefficient (Wildman–Crippen LogP) is 0.814. The molecule has 1 aromatic rings. The van der Waals surface area contributed by atoms with Crippen molar-refractivity contribution in [2.45, 2.75) is 6.54 Å². The number of benzene rings is 1. The standard InChI is InChI=1S/C10H12FN3O/c11-9-2-1-8(5-7(9)6-12)14-4-3-13-10(14)15/h1-2,5H,3-4,6,12H2,(H,13,15). The number of amides is 2. The van der Waals surface area contributed by atoms with Gasteiger partial charge in [0.1, 0.15) is 5.82 Å². The molecule has 1 fully saturated rings. The van der Waals surface area contributed by atoms with Gasteiger partial charge in [-0.15, -0.1) is 0 Å². The van der Waals surface area contributed by atoms with Crippen LogP contribution in [0.3, 0.4) is 0 Å². The first-order chi connectivity index (χ1) is 7.22. The molecular formula is C10H12FN3O. The largest absolute Gasteiger partial charge is 0.336 e. The minimum Gasteiger partial charge on any atom is -0.336 e. The smallest absolute Gasteiger partial charge is 0.321 e. The van der Waals surface area contributed by atoms with Crippen LogP contribution in [0.5, 0.6) is 0 Å². The molecule has 1 saturated heterocycles. The van der Waals surface area contributed by atoms with E-state index in [1.54, 1.807) is 17.0 Å². The lowest BCUT2D eigenvalue weighted by atomic mass is 10.2. The number of carbonyl (C=O) groups is 1. The summed E-state index contributed by atoms with van der Waals surface area (Å²) in [5.74, 6) is -0.333. The van der Waals surface area contributed by atoms with Crippen molar-refractivity contribution in [3.8, 4) is 0 Å². The third-order valence-corrected chi connectivity index (χ3v) is 2.42. The Morgan fingerprint density at radius 1 is 1.53 bits per heavy atom. The molecule has 1 aromatic carbocycles. The quantitative estimate of drug-likeness (QED) is 0.757. The minimum absolute atomic E-state index is 0.134. The van der Waals surface area contributed by atoms with Crippen LogP contribution in [0.25, 0.3) is 0 Å². The zero-order chi connectivity index (χ0) is 10.8. The number of rotatable bonds is 2. The SMILES string of the molecule is NCc1cc(N2CCNC2=O)ccc1F. The maximum atomic E-state index is 13.2. The summed E-state index contributed by atoms with van der Waals surface area (Å²) in [7, 11) is 0. The van der Waals surface area contributed by atoms with Crippen LogP contribution in [0.4, 0.5) is 14.9 Å². The van der Waals surface area contributed by atoms with Crippen LogP contribution in [0.2, 0.25) is 0 Å². The highest BCUT2D eigenvalue weighted by Crippen LogP contribution is 2.20. The number of nitrogens with zero attached hydrogens (tertiary/aromatic N) is 1. The maximum absolute atomic E-state index is 13.2. The summed E-state index contributed by atoms with van der Waals surface area (Å²) < 4.78 is 13.2. The summed E-state index contributed by atoms with van der Waals surface area (Å²) in [6.45, 7) is 1.36. The first kappa shape index (κ1) is 9.92. The molecule has 0 aromatic heterocycles. The molecule has 1 heterocycles. The molecular weight excluding hydrogens is 197 g/mol. The summed E-state index contributed by atoms with van der Waals surface area (Å²) in [6.07, 6.45) is 0. The molecule has 0 atom stereocenters. The summed E-state index contributed by atoms with van der Waals surface area (Å²) in [5.41, 5.74) is 6.50. The minimum atomic E-state index is -0.333. The van der Waals surface area contributed by atoms with Crippen LogP contribution in [-0.4, -0.2) is 19.1 Å². The van der Waals surface area contributed by atoms with Gasteiger partial charge in [0.15, 0.2) is 0 Å². The van der Waals surface area contributed by atoms with E-state index >= 15 is 0 Å². The molecule has 15 heavy (non-hydrogen) atoms. The van der Waals surface area contributed by atoms with E-state index in [9.17, 15) is 9.18 Å². The molecule has 1 aliphatic rings. The average Bonchev–Trinajstić information content (AvgIpc) is 2.65. The topological polar surface area (TPSA) is 58.4 Å². The van der Waals surface area contributed by atoms with Crippen LogP contribution in [0, 0.1) is 5.82 Å². The molecule has 5 heteroatoms. The van der Waals surface area contributed by atoms with Crippen LogP contribution in [-0.2, 0) is 6.54 Å². The summed E-state index contributed by atoms with van der Waals surface area (Å²) in [5, 5.41) is 2.68. The maximum Gasteiger partial charge on any atom is 0.321 e. The lowest BCUT2D eigenvalue weighted by molar-refractivity contribution is 0.252. The van der Waals surface area contributed by atoms with Gasteiger partial charge >= 0.3 is 6.03 Å². The number of hydrogen-bond donors (Lipinski definition) is 2. The number of nitrogens with one attached hydrogen (secondary N) is 1. The Morgan fingerprint density at radius 2 is 2.33 bits per heavy atom. The monoisotopic (exact) mass is 209 g/mol. The van der Waals surface area contributed by atoms with Crippen molar-refractivity contribution in [3.05, 3.63) is 29.6 Å². The van der Waals surface area contributed by atoms with Crippen molar-refractivity contribution >= 4 is 11.7 Å². The number of nitrogens with two attached hydrogens (primary N) is 1. The van der Waals surface area contributed by atoms with E-state index in [4.69, 9.17) is 5.73 Å². The molecule has 4 nitrogen and oxygen atoms in total. The van der Waals surface area contributed by atoms with Gasteiger partial charge < -0.3 is 11.1 Å². The fourth-order valence-electron chi connectivity index (χ4n) is 1.60. The van der Waals surface area contributed by atoms with Crippen molar-refractivity contribution in [1.82, 2.24) is 5.32 Å². The second kappa shape index (κ2) is 3.86. The van der Waals surface area contributed by atoms with Gasteiger partial charge in [-0.05, 0) is 18.2 Å². The molecule has 0 radical (unpaired) electrons. The number of anilines is 1. The first-order valence-corrected chi connectivity index (χ1v) is 4.76. The molecule has 0 saturated carbocycles. The van der Waals surface area contributed by atoms with E-state index in [0.717, 1.165) is 0 Å². The number of carbonyl (C=O) groups excluding carboxylic acids is 1. The second-order valence-electron chi connectivity index (χ2n) is 3.36. The highest BCUT2D eigenvalue weighted by Gasteiger charge is 2.21. The molecule has 0 aliphatic carbocycles. The lowest BCUT2D eigenvalue weighted by Crippen LogP contribution is -2.27. The van der Waals surface area contributed by atoms with E-state index < -0.39 is 0 Å². The van der Waals surface area contributed by atoms with Crippen molar-refractivity contribution in [3.63, 3.8) is 0 Å². The fourth-order valence-corrected chi connectivity index (χ4v) is 1.60. The van der Waals surface area contributed by atoms with Gasteiger partial charge in [-0.3, -0.25) is 4.90 Å². The van der Waals surface area contributed by atoms with E-state index in [2.05, 4.69) is 5.32 Å². The first-order valence-electron chi connectivity index (χ1n) is 4.76. The Bertz CT molecular complexity index is 394. The molecule has 0 unspecified atom stereocenters.